The summed E-state index contributed by atoms with van der Waals surface area (Å²) in [7, 11) is 0. The zero-order valence-corrected chi connectivity index (χ0v) is 9.64. The van der Waals surface area contributed by atoms with Gasteiger partial charge in [0.2, 0.25) is 0 Å². The molecule has 0 atom stereocenters. The van der Waals surface area contributed by atoms with Crippen LogP contribution >= 0.6 is 0 Å². The Morgan fingerprint density at radius 3 is 2.65 bits per heavy atom. The van der Waals surface area contributed by atoms with E-state index in [1.807, 2.05) is 13.8 Å². The molecule has 2 aromatic heterocycles. The highest BCUT2D eigenvalue weighted by atomic mass is 16.1. The number of carbonyl (C=O) groups excluding carboxylic acids is 1. The molecule has 88 valence electrons. The van der Waals surface area contributed by atoms with Crippen LogP contribution in [0.1, 0.15) is 21.6 Å². The van der Waals surface area contributed by atoms with Crippen molar-refractivity contribution in [2.45, 2.75) is 13.8 Å². The smallest absolute Gasteiger partial charge is 0.252 e. The van der Waals surface area contributed by atoms with E-state index >= 15 is 0 Å². The summed E-state index contributed by atoms with van der Waals surface area (Å²) in [4.78, 5) is 15.7. The molecular weight excluding hydrogens is 218 g/mol. The molecule has 6 heteroatoms. The Bertz CT molecular complexity index is 588. The fraction of sp³-hybridized carbons (Fsp3) is 0.182. The van der Waals surface area contributed by atoms with Gasteiger partial charge >= 0.3 is 0 Å². The van der Waals surface area contributed by atoms with E-state index in [9.17, 15) is 4.79 Å². The summed E-state index contributed by atoms with van der Waals surface area (Å²) in [5.41, 5.74) is 13.4. The summed E-state index contributed by atoms with van der Waals surface area (Å²) >= 11 is 0. The molecule has 0 radical (unpaired) electrons. The minimum absolute atomic E-state index is 0.360. The molecule has 0 saturated carbocycles. The van der Waals surface area contributed by atoms with Crippen LogP contribution < -0.4 is 11.5 Å². The number of hydrogen-bond donors (Lipinski definition) is 2. The monoisotopic (exact) mass is 231 g/mol. The number of carbonyl (C=O) groups is 1. The molecule has 0 aliphatic heterocycles. The van der Waals surface area contributed by atoms with Crippen molar-refractivity contribution in [1.29, 1.82) is 0 Å². The number of aryl methyl sites for hydroxylation is 2. The predicted molar refractivity (Wildman–Crippen MR) is 63.8 cm³/mol. The van der Waals surface area contributed by atoms with Crippen molar-refractivity contribution in [3.8, 4) is 5.82 Å². The average Bonchev–Trinajstić information content (AvgIpc) is 2.62. The lowest BCUT2D eigenvalue weighted by atomic mass is 10.1. The number of rotatable bonds is 2. The lowest BCUT2D eigenvalue weighted by Gasteiger charge is -2.09. The van der Waals surface area contributed by atoms with Gasteiger partial charge in [0, 0.05) is 5.69 Å². The number of hydrogen-bond acceptors (Lipinski definition) is 4. The van der Waals surface area contributed by atoms with Gasteiger partial charge in [-0.05, 0) is 25.5 Å². The van der Waals surface area contributed by atoms with E-state index in [1.165, 1.54) is 10.9 Å². The van der Waals surface area contributed by atoms with Crippen LogP contribution in [0, 0.1) is 13.8 Å². The molecule has 0 bridgehead atoms. The second kappa shape index (κ2) is 3.89. The lowest BCUT2D eigenvalue weighted by molar-refractivity contribution is 0.0999. The summed E-state index contributed by atoms with van der Waals surface area (Å²) < 4.78 is 1.45. The average molecular weight is 231 g/mol. The summed E-state index contributed by atoms with van der Waals surface area (Å²) in [5, 5.41) is 4.03. The van der Waals surface area contributed by atoms with E-state index in [-0.39, 0.29) is 0 Å². The zero-order chi connectivity index (χ0) is 12.6. The Morgan fingerprint density at radius 1 is 1.41 bits per heavy atom. The van der Waals surface area contributed by atoms with Crippen LogP contribution in [-0.4, -0.2) is 20.7 Å². The molecule has 4 N–H and O–H groups in total. The van der Waals surface area contributed by atoms with Crippen LogP contribution in [0.4, 0.5) is 5.69 Å². The summed E-state index contributed by atoms with van der Waals surface area (Å²) in [6.07, 6.45) is 3.08. The molecular formula is C11H13N5O. The third kappa shape index (κ3) is 1.96. The Kier molecular flexibility index (Phi) is 2.55. The number of amides is 1. The highest BCUT2D eigenvalue weighted by Gasteiger charge is 2.16. The van der Waals surface area contributed by atoms with Crippen molar-refractivity contribution in [3.63, 3.8) is 0 Å². The molecule has 0 spiro atoms. The van der Waals surface area contributed by atoms with Gasteiger partial charge in [-0.3, -0.25) is 4.79 Å². The topological polar surface area (TPSA) is 99.8 Å². The highest BCUT2D eigenvalue weighted by Crippen LogP contribution is 2.17. The van der Waals surface area contributed by atoms with Crippen molar-refractivity contribution in [2.24, 2.45) is 5.73 Å². The van der Waals surface area contributed by atoms with E-state index in [4.69, 9.17) is 11.5 Å². The number of primary amides is 1. The van der Waals surface area contributed by atoms with Crippen LogP contribution in [0.15, 0.2) is 18.5 Å². The van der Waals surface area contributed by atoms with Gasteiger partial charge in [-0.2, -0.15) is 5.10 Å². The molecule has 2 rings (SSSR count). The molecule has 2 heterocycles. The van der Waals surface area contributed by atoms with E-state index < -0.39 is 5.91 Å². The van der Waals surface area contributed by atoms with E-state index in [2.05, 4.69) is 10.1 Å². The molecule has 17 heavy (non-hydrogen) atoms. The Labute approximate surface area is 98.3 Å². The van der Waals surface area contributed by atoms with Gasteiger partial charge in [0.05, 0.1) is 23.6 Å². The summed E-state index contributed by atoms with van der Waals surface area (Å²) in [6.45, 7) is 3.65. The van der Waals surface area contributed by atoms with Gasteiger partial charge in [0.15, 0.2) is 5.82 Å². The van der Waals surface area contributed by atoms with Gasteiger partial charge in [-0.15, -0.1) is 0 Å². The van der Waals surface area contributed by atoms with Crippen molar-refractivity contribution < 1.29 is 4.79 Å². The van der Waals surface area contributed by atoms with Crippen molar-refractivity contribution in [1.82, 2.24) is 14.8 Å². The van der Waals surface area contributed by atoms with Gasteiger partial charge in [0.25, 0.3) is 5.91 Å². The standard InChI is InChI=1S/C11H13N5O/c1-6-3-7(2)15-11(9(6)10(13)17)16-5-8(12)4-14-16/h3-5H,12H2,1-2H3,(H2,13,17). The van der Waals surface area contributed by atoms with E-state index in [1.54, 1.807) is 12.3 Å². The lowest BCUT2D eigenvalue weighted by Crippen LogP contribution is -2.18. The van der Waals surface area contributed by atoms with Crippen LogP contribution in [-0.2, 0) is 0 Å². The molecule has 0 aliphatic rings. The maximum absolute atomic E-state index is 11.4. The molecule has 1 amide bonds. The fourth-order valence-corrected chi connectivity index (χ4v) is 1.74. The maximum atomic E-state index is 11.4. The van der Waals surface area contributed by atoms with Crippen LogP contribution in [0.3, 0.4) is 0 Å². The molecule has 0 fully saturated rings. The normalized spacial score (nSPS) is 10.5. The number of nitrogens with zero attached hydrogens (tertiary/aromatic N) is 3. The van der Waals surface area contributed by atoms with Gasteiger partial charge < -0.3 is 11.5 Å². The third-order valence-electron chi connectivity index (χ3n) is 2.39. The van der Waals surface area contributed by atoms with E-state index in [0.29, 0.717) is 17.1 Å². The first kappa shape index (κ1) is 11.1. The quantitative estimate of drug-likeness (QED) is 0.788. The minimum Gasteiger partial charge on any atom is -0.396 e. The van der Waals surface area contributed by atoms with Gasteiger partial charge in [0.1, 0.15) is 0 Å². The van der Waals surface area contributed by atoms with Crippen molar-refractivity contribution >= 4 is 11.6 Å². The van der Waals surface area contributed by atoms with Gasteiger partial charge in [-0.25, -0.2) is 9.67 Å². The number of pyridine rings is 1. The van der Waals surface area contributed by atoms with Crippen LogP contribution in [0.25, 0.3) is 5.82 Å². The minimum atomic E-state index is -0.529. The molecule has 6 nitrogen and oxygen atoms in total. The largest absolute Gasteiger partial charge is 0.396 e. The molecule has 0 saturated heterocycles. The first-order valence-corrected chi connectivity index (χ1v) is 5.07. The second-order valence-corrected chi connectivity index (χ2v) is 3.86. The second-order valence-electron chi connectivity index (χ2n) is 3.86. The first-order valence-electron chi connectivity index (χ1n) is 5.07. The van der Waals surface area contributed by atoms with Crippen molar-refractivity contribution in [2.75, 3.05) is 5.73 Å². The van der Waals surface area contributed by atoms with Crippen LogP contribution in [0.2, 0.25) is 0 Å². The number of nitrogen functional groups attached to an aromatic ring is 1. The Balaban J connectivity index is 2.71. The zero-order valence-electron chi connectivity index (χ0n) is 9.64. The first-order chi connectivity index (χ1) is 7.99. The number of nitrogens with two attached hydrogens (primary N) is 2. The molecule has 0 aromatic carbocycles. The fourth-order valence-electron chi connectivity index (χ4n) is 1.74. The highest BCUT2D eigenvalue weighted by molar-refractivity contribution is 5.97. The Hall–Kier alpha value is -2.37. The number of aromatic nitrogens is 3. The molecule has 0 unspecified atom stereocenters. The summed E-state index contributed by atoms with van der Waals surface area (Å²) in [6, 6.07) is 1.80. The van der Waals surface area contributed by atoms with Crippen molar-refractivity contribution in [3.05, 3.63) is 35.3 Å². The van der Waals surface area contributed by atoms with Gasteiger partial charge in [-0.1, -0.05) is 0 Å². The third-order valence-corrected chi connectivity index (χ3v) is 2.39. The van der Waals surface area contributed by atoms with Crippen LogP contribution in [0.5, 0.6) is 0 Å². The predicted octanol–water partition coefficient (Wildman–Crippen LogP) is 0.565. The Morgan fingerprint density at radius 2 is 2.12 bits per heavy atom. The molecule has 2 aromatic rings. The van der Waals surface area contributed by atoms with E-state index in [0.717, 1.165) is 11.3 Å². The molecule has 0 aliphatic carbocycles. The summed E-state index contributed by atoms with van der Waals surface area (Å²) in [5.74, 6) is -0.120. The maximum Gasteiger partial charge on any atom is 0.252 e. The number of anilines is 1. The SMILES string of the molecule is Cc1cc(C)c(C(N)=O)c(-n2cc(N)cn2)n1.